The highest BCUT2D eigenvalue weighted by Gasteiger charge is 2.56. The zero-order valence-corrected chi connectivity index (χ0v) is 56.8. The number of aliphatic carboxylic acids is 1. The number of thiazole rings is 1. The van der Waals surface area contributed by atoms with Crippen LogP contribution in [0.5, 0.6) is 5.75 Å². The molecule has 2 bridgehead atoms. The second-order valence-corrected chi connectivity index (χ2v) is 29.9. The van der Waals surface area contributed by atoms with Crippen LogP contribution in [0.1, 0.15) is 121 Å². The number of carboxylic acids is 2. The van der Waals surface area contributed by atoms with Crippen LogP contribution in [0, 0.1) is 23.7 Å². The first-order valence-corrected chi connectivity index (χ1v) is 35.3. The number of ether oxygens (including phenoxy) is 4. The second kappa shape index (κ2) is 29.6. The van der Waals surface area contributed by atoms with E-state index in [1.807, 2.05) is 52.9 Å². The first kappa shape index (κ1) is 71.5. The van der Waals surface area contributed by atoms with Gasteiger partial charge in [0.15, 0.2) is 16.9 Å². The minimum atomic E-state index is -4.61. The van der Waals surface area contributed by atoms with Gasteiger partial charge in [-0.25, -0.2) is 24.4 Å². The Bertz CT molecular complexity index is 4190. The summed E-state index contributed by atoms with van der Waals surface area (Å²) in [5.74, 6) is -4.76. The zero-order valence-electron chi connectivity index (χ0n) is 55.2. The van der Waals surface area contributed by atoms with Gasteiger partial charge in [-0.15, -0.1) is 0 Å². The average Bonchev–Trinajstić information content (AvgIpc) is 1.20. The number of rotatable bonds is 27. The molecule has 4 unspecified atom stereocenters. The van der Waals surface area contributed by atoms with E-state index in [9.17, 15) is 72.1 Å². The smallest absolute Gasteiger partial charge is 0.410 e. The van der Waals surface area contributed by atoms with Crippen molar-refractivity contribution in [1.29, 1.82) is 0 Å². The Morgan fingerprint density at radius 1 is 0.879 bits per heavy atom. The minimum absolute atomic E-state index is 0.0717. The van der Waals surface area contributed by atoms with Gasteiger partial charge in [0.25, 0.3) is 27.8 Å². The molecular formula is C69H81N9O19S2. The number of aromatic carboxylic acids is 1. The summed E-state index contributed by atoms with van der Waals surface area (Å²) in [7, 11) is -4.61. The van der Waals surface area contributed by atoms with Gasteiger partial charge in [0, 0.05) is 92.3 Å². The van der Waals surface area contributed by atoms with E-state index in [2.05, 4.69) is 36.4 Å². The lowest BCUT2D eigenvalue weighted by atomic mass is 9.51. The molecule has 3 aromatic heterocycles. The summed E-state index contributed by atoms with van der Waals surface area (Å²) in [4.78, 5) is 103. The lowest BCUT2D eigenvalue weighted by Gasteiger charge is -2.58. The number of unbranched alkanes of at least 4 members (excludes halogenated alkanes) is 1. The highest BCUT2D eigenvalue weighted by Crippen LogP contribution is 2.60. The number of benzene rings is 3. The minimum Gasteiger partial charge on any atom is -0.479 e. The van der Waals surface area contributed by atoms with Crippen LogP contribution in [-0.4, -0.2) is 191 Å². The third kappa shape index (κ3) is 16.8. The maximum Gasteiger partial charge on any atom is 0.410 e. The number of pyridine rings is 1. The number of hydrogen-bond acceptors (Lipinski definition) is 21. The van der Waals surface area contributed by atoms with Crippen LogP contribution in [-0.2, 0) is 76.0 Å². The van der Waals surface area contributed by atoms with Crippen molar-refractivity contribution >= 4 is 84.3 Å². The number of carboxylic acid groups (broad SMARTS) is 2. The van der Waals surface area contributed by atoms with E-state index >= 15 is 0 Å². The maximum absolute atomic E-state index is 14.2. The third-order valence-corrected chi connectivity index (χ3v) is 20.8. The molecule has 3 aliphatic heterocycles. The number of hydrogen-bond donors (Lipinski definition) is 8. The first-order valence-electron chi connectivity index (χ1n) is 32.9. The predicted octanol–water partition coefficient (Wildman–Crippen LogP) is 6.31. The van der Waals surface area contributed by atoms with Gasteiger partial charge < -0.3 is 59.6 Å². The number of carbonyl (C=O) groups excluding carboxylic acids is 5. The van der Waals surface area contributed by atoms with Gasteiger partial charge in [-0.3, -0.25) is 38.6 Å². The molecule has 28 nitrogen and oxygen atoms in total. The number of aliphatic hydroxyl groups excluding tert-OH is 3. The number of amides is 5. The summed E-state index contributed by atoms with van der Waals surface area (Å²) in [6.45, 7) is 8.67. The van der Waals surface area contributed by atoms with Gasteiger partial charge in [-0.1, -0.05) is 68.5 Å². The van der Waals surface area contributed by atoms with Gasteiger partial charge in [0.2, 0.25) is 12.2 Å². The molecule has 5 amide bonds. The van der Waals surface area contributed by atoms with Crippen LogP contribution in [0.4, 0.5) is 15.7 Å². The Balaban J connectivity index is 0.748. The number of nitrogens with zero attached hydrogens (tertiary/aromatic N) is 7. The van der Waals surface area contributed by atoms with E-state index < -0.39 is 101 Å². The van der Waals surface area contributed by atoms with Gasteiger partial charge >= 0.3 is 18.0 Å². The van der Waals surface area contributed by atoms with Crippen molar-refractivity contribution < 1.29 is 91.0 Å². The van der Waals surface area contributed by atoms with E-state index in [4.69, 9.17) is 29.0 Å². The van der Waals surface area contributed by atoms with Crippen molar-refractivity contribution in [2.24, 2.45) is 16.7 Å². The van der Waals surface area contributed by atoms with Gasteiger partial charge in [0.1, 0.15) is 36.5 Å². The number of fused-ring (bicyclic) bond motifs is 4. The number of anilines is 2. The van der Waals surface area contributed by atoms with Gasteiger partial charge in [-0.2, -0.15) is 13.5 Å². The number of para-hydroxylation sites is 1. The molecule has 528 valence electrons. The van der Waals surface area contributed by atoms with E-state index in [-0.39, 0.29) is 72.8 Å². The molecule has 11 rings (SSSR count). The van der Waals surface area contributed by atoms with Gasteiger partial charge in [-0.05, 0) is 135 Å². The highest BCUT2D eigenvalue weighted by molar-refractivity contribution is 7.85. The van der Waals surface area contributed by atoms with Crippen LogP contribution in [0.3, 0.4) is 0 Å². The average molecular weight is 1400 g/mol. The fourth-order valence-corrected chi connectivity index (χ4v) is 16.5. The Kier molecular flexibility index (Phi) is 21.4. The summed E-state index contributed by atoms with van der Waals surface area (Å²) in [5, 5.41) is 63.5. The van der Waals surface area contributed by atoms with Crippen LogP contribution in [0.15, 0.2) is 91.1 Å². The molecule has 6 aromatic rings. The normalized spacial score (nSPS) is 24.4. The number of aliphatic hydroxyl groups is 3. The van der Waals surface area contributed by atoms with Crippen LogP contribution >= 0.6 is 11.3 Å². The van der Waals surface area contributed by atoms with Crippen molar-refractivity contribution in [2.45, 2.75) is 148 Å². The van der Waals surface area contributed by atoms with Gasteiger partial charge in [0.05, 0.1) is 34.4 Å². The summed E-state index contributed by atoms with van der Waals surface area (Å²) < 4.78 is 61.3. The molecular weight excluding hydrogens is 1320 g/mol. The summed E-state index contributed by atoms with van der Waals surface area (Å²) in [6.07, 6.45) is -1.40. The molecule has 0 radical (unpaired) electrons. The second-order valence-electron chi connectivity index (χ2n) is 27.3. The molecule has 5 aliphatic rings. The highest BCUT2D eigenvalue weighted by atomic mass is 32.2. The molecule has 2 saturated carbocycles. The first-order chi connectivity index (χ1) is 47.0. The molecule has 9 atom stereocenters. The van der Waals surface area contributed by atoms with E-state index in [1.165, 1.54) is 23.5 Å². The molecule has 6 heterocycles. The van der Waals surface area contributed by atoms with Crippen molar-refractivity contribution in [3.05, 3.63) is 130 Å². The number of aromatic nitrogens is 4. The molecule has 3 aromatic carbocycles. The Hall–Kier alpha value is -8.75. The number of carbonyl (C=O) groups is 7. The number of nitrogens with one attached hydrogen (secondary N) is 2. The van der Waals surface area contributed by atoms with E-state index in [0.29, 0.717) is 97.8 Å². The Morgan fingerprint density at radius 3 is 2.40 bits per heavy atom. The largest absolute Gasteiger partial charge is 0.479 e. The lowest BCUT2D eigenvalue weighted by Crippen LogP contribution is -2.61. The SMILES string of the molecule is Cc1c(-c2ccc(N3CCc4cccc(C(=O)Nc5nc6ccccc6s5)c4C3)nc2C(=O)O)cnn1CC1(C)CC2(C)CC(C)CC(OCCN(CCS(=O)(=O)O)C(=O)OCc3ccc(CCCCNC(=O)CCN4C(=O)C=CC4=O)cc3O[C@@H]3O[C@H](C(=O)O)[C@@H](O)[C@H](O)[C@H]3O)(C2)C1. The maximum atomic E-state index is 14.2. The van der Waals surface area contributed by atoms with Crippen LogP contribution in [0.25, 0.3) is 21.3 Å². The quantitative estimate of drug-likeness (QED) is 0.0159. The molecule has 30 heteroatoms. The summed E-state index contributed by atoms with van der Waals surface area (Å²) in [6, 6.07) is 21.6. The van der Waals surface area contributed by atoms with Crippen molar-refractivity contribution in [3.8, 4) is 16.9 Å². The van der Waals surface area contributed by atoms with E-state index in [1.54, 1.807) is 30.5 Å². The number of aryl methyl sites for hydroxylation is 1. The zero-order chi connectivity index (χ0) is 70.7. The van der Waals surface area contributed by atoms with Crippen molar-refractivity contribution in [2.75, 3.05) is 55.3 Å². The standard InChI is InChI=1S/C69H81N9O19S2/c1-40-31-67(3)36-68(4,39-78-41(2)47(33-71-78)45-17-18-52(73-56(45)62(86)87)76-24-21-43-11-9-12-46(48(43)34-76)61(85)74-65-72-49-13-5-6-14-51(49)98-65)38-69(32-40,37-67)95-28-26-75(27-29-99(91,92)93)66(90)94-35-44-16-15-42(10-7-8-23-70-53(79)22-25-77-54(80)19-20-55(77)81)30-50(44)96-64-59(84)57(82)58(83)60(97-64)63(88)89/h5-6,9,11-20,30,33,40,57-60,64,82-84H,7-8,10,21-29,31-32,34-39H2,1-4H3,(H,70,79)(H,86,87)(H,88,89)(H,72,74,85)(H,91,92,93)/t40?,57-,58-,59+,60-,64+,67?,68?,69?/m0/s1. The fourth-order valence-electron chi connectivity index (χ4n) is 15.2. The predicted molar refractivity (Wildman–Crippen MR) is 359 cm³/mol. The molecule has 3 fully saturated rings. The molecule has 0 spiro atoms. The fraction of sp³-hybridized carbons (Fsp3) is 0.478. The molecule has 2 aliphatic carbocycles. The summed E-state index contributed by atoms with van der Waals surface area (Å²) >= 11 is 1.39. The molecule has 8 N–H and O–H groups in total. The monoisotopic (exact) mass is 1400 g/mol. The summed E-state index contributed by atoms with van der Waals surface area (Å²) in [5.41, 5.74) is 4.09. The third-order valence-electron chi connectivity index (χ3n) is 19.1. The lowest BCUT2D eigenvalue weighted by molar-refractivity contribution is -0.271. The molecule has 1 saturated heterocycles. The van der Waals surface area contributed by atoms with Crippen molar-refractivity contribution in [1.82, 2.24) is 34.9 Å². The molecule has 99 heavy (non-hydrogen) atoms. The van der Waals surface area contributed by atoms with Crippen LogP contribution < -0.4 is 20.3 Å². The topological polar surface area (TPSA) is 389 Å². The Morgan fingerprint density at radius 2 is 1.66 bits per heavy atom. The van der Waals surface area contributed by atoms with Crippen molar-refractivity contribution in [3.63, 3.8) is 0 Å². The van der Waals surface area contributed by atoms with E-state index in [0.717, 1.165) is 61.8 Å². The Labute approximate surface area is 574 Å². The van der Waals surface area contributed by atoms with Crippen LogP contribution in [0.2, 0.25) is 0 Å². The number of imide groups is 1.